The topological polar surface area (TPSA) is 215 Å². The highest BCUT2D eigenvalue weighted by Crippen LogP contribution is 2.52. The molecule has 57 heavy (non-hydrogen) atoms. The molecular formula is C37H59N5O12SSi2. The van der Waals surface area contributed by atoms with E-state index in [-0.39, 0.29) is 54.6 Å². The maximum Gasteiger partial charge on any atom is 0.333 e. The van der Waals surface area contributed by atoms with Crippen LogP contribution in [0, 0.1) is 13.8 Å². The van der Waals surface area contributed by atoms with Crippen molar-refractivity contribution in [2.24, 2.45) is 5.73 Å². The lowest BCUT2D eigenvalue weighted by Crippen LogP contribution is -2.59. The summed E-state index contributed by atoms with van der Waals surface area (Å²) in [5.41, 5.74) is 2.38. The third-order valence-corrected chi connectivity index (χ3v) is 22.1. The minimum Gasteiger partial charge on any atom is -0.414 e. The van der Waals surface area contributed by atoms with Gasteiger partial charge in [-0.05, 0) is 62.6 Å². The highest BCUT2D eigenvalue weighted by atomic mass is 32.2. The standard InChI is InChI=1S/C37H59N5O12SSi2/c1-23-18-41(28-15-14-25(20-43)51-28)33(46)39(30(23)44)16-13-17-40-31(45)24(2)19-42(34(40)47)32-29(53-57(11,12)36(6,7)8)37(26(38)22-55(48,49)54-37)27(52-32)21-50-56(9,10)35(3,4)5/h14-15,18-19,22,25,27-29,32,43H,13,16-17,20-21,38H2,1-12H3/t25-,27+,28+,29-,32+,37+/m0/s1. The van der Waals surface area contributed by atoms with Gasteiger partial charge in [0.05, 0.1) is 24.3 Å². The van der Waals surface area contributed by atoms with Gasteiger partial charge in [-0.1, -0.05) is 47.6 Å². The molecule has 0 bridgehead atoms. The van der Waals surface area contributed by atoms with E-state index in [4.69, 9.17) is 28.2 Å². The number of aliphatic hydroxyl groups is 1. The Kier molecular flexibility index (Phi) is 12.1. The number of nitrogens with two attached hydrogens (primary N) is 1. The molecule has 0 amide bonds. The van der Waals surface area contributed by atoms with Gasteiger partial charge in [-0.15, -0.1) is 0 Å². The summed E-state index contributed by atoms with van der Waals surface area (Å²) in [7, 11) is -9.61. The van der Waals surface area contributed by atoms with Gasteiger partial charge in [-0.3, -0.25) is 27.9 Å². The average molecular weight is 854 g/mol. The quantitative estimate of drug-likeness (QED) is 0.179. The van der Waals surface area contributed by atoms with Crippen molar-refractivity contribution in [3.05, 3.63) is 88.5 Å². The number of aliphatic hydroxyl groups excluding tert-OH is 1. The molecule has 5 rings (SSSR count). The van der Waals surface area contributed by atoms with Gasteiger partial charge in [0.25, 0.3) is 21.2 Å². The van der Waals surface area contributed by atoms with Crippen molar-refractivity contribution in [1.29, 1.82) is 0 Å². The Morgan fingerprint density at radius 3 is 1.84 bits per heavy atom. The molecular weight excluding hydrogens is 795 g/mol. The molecule has 0 saturated carbocycles. The monoisotopic (exact) mass is 853 g/mol. The van der Waals surface area contributed by atoms with Crippen LogP contribution in [0.4, 0.5) is 0 Å². The number of hydrogen-bond acceptors (Lipinski definition) is 13. The van der Waals surface area contributed by atoms with Gasteiger partial charge < -0.3 is 29.2 Å². The molecule has 0 radical (unpaired) electrons. The third-order valence-electron chi connectivity index (χ3n) is 12.1. The molecule has 20 heteroatoms. The van der Waals surface area contributed by atoms with E-state index in [0.29, 0.717) is 0 Å². The molecule has 5 heterocycles. The first-order chi connectivity index (χ1) is 26.1. The molecule has 0 aromatic carbocycles. The minimum absolute atomic E-state index is 0.0250. The molecule has 3 aliphatic rings. The molecule has 1 saturated heterocycles. The SMILES string of the molecule is Cc1cn([C@@H]2O[C@H](CO[Si](C)(C)C(C)(C)C)[C@@]3(OS(=O)(=O)C=C3N)[C@H]2O[Si](C)(C)C(C)(C)C)c(=O)n(CCCn2c(=O)c(C)cn([C@H]3C=C[C@@H](CO)O3)c2=O)c1=O. The van der Waals surface area contributed by atoms with Crippen LogP contribution in [0.5, 0.6) is 0 Å². The largest absolute Gasteiger partial charge is 0.414 e. The summed E-state index contributed by atoms with van der Waals surface area (Å²) in [6, 6.07) is 0. The van der Waals surface area contributed by atoms with Crippen LogP contribution in [0.15, 0.2) is 54.8 Å². The van der Waals surface area contributed by atoms with Crippen LogP contribution in [-0.2, 0) is 45.7 Å². The second-order valence-electron chi connectivity index (χ2n) is 18.2. The van der Waals surface area contributed by atoms with E-state index in [2.05, 4.69) is 20.8 Å². The number of aromatic nitrogens is 4. The van der Waals surface area contributed by atoms with Gasteiger partial charge in [0.15, 0.2) is 34.7 Å². The molecule has 17 nitrogen and oxygen atoms in total. The van der Waals surface area contributed by atoms with Gasteiger partial charge in [0.1, 0.15) is 18.3 Å². The van der Waals surface area contributed by atoms with Crippen LogP contribution in [0.3, 0.4) is 0 Å². The second-order valence-corrected chi connectivity index (χ2v) is 29.2. The van der Waals surface area contributed by atoms with Crippen LogP contribution in [0.2, 0.25) is 36.3 Å². The fourth-order valence-electron chi connectivity index (χ4n) is 6.63. The molecule has 6 atom stereocenters. The lowest BCUT2D eigenvalue weighted by Gasteiger charge is -2.43. The Labute approximate surface area is 335 Å². The summed E-state index contributed by atoms with van der Waals surface area (Å²) in [6.45, 7) is 22.6. The van der Waals surface area contributed by atoms with E-state index >= 15 is 0 Å². The molecule has 2 aromatic heterocycles. The maximum atomic E-state index is 14.5. The zero-order valence-corrected chi connectivity index (χ0v) is 37.8. The van der Waals surface area contributed by atoms with Crippen molar-refractivity contribution in [1.82, 2.24) is 18.3 Å². The lowest BCUT2D eigenvalue weighted by molar-refractivity contribution is -0.0567. The van der Waals surface area contributed by atoms with Gasteiger partial charge >= 0.3 is 11.4 Å². The molecule has 1 fully saturated rings. The third kappa shape index (κ3) is 8.34. The van der Waals surface area contributed by atoms with E-state index in [9.17, 15) is 32.7 Å². The van der Waals surface area contributed by atoms with Crippen molar-refractivity contribution in [3.8, 4) is 0 Å². The van der Waals surface area contributed by atoms with E-state index in [1.807, 2.05) is 47.0 Å². The summed E-state index contributed by atoms with van der Waals surface area (Å²) in [4.78, 5) is 54.8. The van der Waals surface area contributed by atoms with Crippen LogP contribution in [-0.4, -0.2) is 85.6 Å². The van der Waals surface area contributed by atoms with Gasteiger partial charge in [-0.25, -0.2) is 13.8 Å². The van der Waals surface area contributed by atoms with Crippen molar-refractivity contribution < 1.29 is 36.0 Å². The van der Waals surface area contributed by atoms with Crippen molar-refractivity contribution >= 4 is 26.8 Å². The number of aryl methyl sites for hydroxylation is 2. The smallest absolute Gasteiger partial charge is 0.333 e. The molecule has 2 aromatic rings. The summed E-state index contributed by atoms with van der Waals surface area (Å²) < 4.78 is 62.7. The first kappa shape index (κ1) is 44.9. The first-order valence-corrected chi connectivity index (χ1v) is 26.4. The van der Waals surface area contributed by atoms with Crippen molar-refractivity contribution in [2.45, 2.75) is 148 Å². The molecule has 3 N–H and O–H groups in total. The number of ether oxygens (including phenoxy) is 2. The number of hydrogen-bond donors (Lipinski definition) is 2. The number of nitrogens with zero attached hydrogens (tertiary/aromatic N) is 4. The molecule has 0 aliphatic carbocycles. The Morgan fingerprint density at radius 1 is 0.842 bits per heavy atom. The van der Waals surface area contributed by atoms with E-state index in [1.165, 1.54) is 28.5 Å². The zero-order chi connectivity index (χ0) is 42.8. The minimum atomic E-state index is -4.32. The fraction of sp³-hybridized carbons (Fsp3) is 0.676. The van der Waals surface area contributed by atoms with E-state index < -0.39 is 90.7 Å². The van der Waals surface area contributed by atoms with Gasteiger partial charge in [-0.2, -0.15) is 8.42 Å². The summed E-state index contributed by atoms with van der Waals surface area (Å²) in [6.07, 6.45) is 0.795. The molecule has 0 unspecified atom stereocenters. The fourth-order valence-corrected chi connectivity index (χ4v) is 10.1. The van der Waals surface area contributed by atoms with Crippen molar-refractivity contribution in [2.75, 3.05) is 13.2 Å². The Hall–Kier alpha value is -3.22. The van der Waals surface area contributed by atoms with Crippen LogP contribution >= 0.6 is 0 Å². The average Bonchev–Trinajstić information content (AvgIpc) is 3.75. The predicted molar refractivity (Wildman–Crippen MR) is 218 cm³/mol. The number of rotatable bonds is 12. The zero-order valence-electron chi connectivity index (χ0n) is 35.0. The summed E-state index contributed by atoms with van der Waals surface area (Å²) in [5.74, 6) is 0. The molecule has 3 aliphatic heterocycles. The summed E-state index contributed by atoms with van der Waals surface area (Å²) in [5, 5.41) is 9.71. The van der Waals surface area contributed by atoms with Crippen LogP contribution in [0.1, 0.15) is 71.5 Å². The Balaban J connectivity index is 1.57. The Morgan fingerprint density at radius 2 is 1.37 bits per heavy atom. The van der Waals surface area contributed by atoms with E-state index in [0.717, 1.165) is 14.5 Å². The maximum absolute atomic E-state index is 14.5. The van der Waals surface area contributed by atoms with Gasteiger partial charge in [0, 0.05) is 36.6 Å². The predicted octanol–water partition coefficient (Wildman–Crippen LogP) is 2.69. The van der Waals surface area contributed by atoms with Crippen LogP contribution < -0.4 is 28.2 Å². The Bertz CT molecular complexity index is 2300. The normalized spacial score (nSPS) is 26.5. The highest BCUT2D eigenvalue weighted by Gasteiger charge is 2.67. The molecule has 1 spiro atoms. The van der Waals surface area contributed by atoms with Crippen LogP contribution in [0.25, 0.3) is 0 Å². The molecule has 318 valence electrons. The highest BCUT2D eigenvalue weighted by molar-refractivity contribution is 7.90. The van der Waals surface area contributed by atoms with E-state index in [1.54, 1.807) is 19.1 Å². The lowest BCUT2D eigenvalue weighted by atomic mass is 9.89. The summed E-state index contributed by atoms with van der Waals surface area (Å²) >= 11 is 0. The van der Waals surface area contributed by atoms with Crippen molar-refractivity contribution in [3.63, 3.8) is 0 Å². The van der Waals surface area contributed by atoms with Gasteiger partial charge in [0.2, 0.25) is 0 Å². The first-order valence-electron chi connectivity index (χ1n) is 19.1. The second kappa shape index (κ2) is 15.4.